The van der Waals surface area contributed by atoms with E-state index in [1.807, 2.05) is 11.4 Å². The Bertz CT molecular complexity index is 1100. The third-order valence-corrected chi connectivity index (χ3v) is 6.87. The highest BCUT2D eigenvalue weighted by molar-refractivity contribution is 7.99. The van der Waals surface area contributed by atoms with Crippen molar-refractivity contribution in [2.24, 2.45) is 13.0 Å². The number of benzene rings is 1. The predicted octanol–water partition coefficient (Wildman–Crippen LogP) is 4.53. The van der Waals surface area contributed by atoms with Crippen molar-refractivity contribution in [1.82, 2.24) is 14.9 Å². The Labute approximate surface area is 179 Å². The van der Waals surface area contributed by atoms with Gasteiger partial charge in [-0.3, -0.25) is 14.2 Å². The van der Waals surface area contributed by atoms with Gasteiger partial charge in [0.15, 0.2) is 5.16 Å². The molecular formula is C22H27N3O2S2. The highest BCUT2D eigenvalue weighted by Crippen LogP contribution is 2.32. The molecule has 1 amide bonds. The molecule has 1 aromatic carbocycles. The zero-order chi connectivity index (χ0) is 21.1. The van der Waals surface area contributed by atoms with Crippen molar-refractivity contribution >= 4 is 39.2 Å². The first-order valence-electron chi connectivity index (χ1n) is 9.73. The molecule has 1 N–H and O–H groups in total. The Morgan fingerprint density at radius 2 is 2.03 bits per heavy atom. The van der Waals surface area contributed by atoms with Crippen LogP contribution in [0.2, 0.25) is 0 Å². The smallest absolute Gasteiger partial charge is 0.263 e. The Hall–Kier alpha value is -2.12. The van der Waals surface area contributed by atoms with Gasteiger partial charge in [0.05, 0.1) is 11.1 Å². The molecule has 0 saturated heterocycles. The highest BCUT2D eigenvalue weighted by Gasteiger charge is 2.17. The van der Waals surface area contributed by atoms with Gasteiger partial charge >= 0.3 is 0 Å². The fraction of sp³-hybridized carbons (Fsp3) is 0.409. The van der Waals surface area contributed by atoms with Crippen molar-refractivity contribution in [2.45, 2.75) is 39.3 Å². The van der Waals surface area contributed by atoms with E-state index in [1.165, 1.54) is 34.2 Å². The second-order valence-corrected chi connectivity index (χ2v) is 9.51. The van der Waals surface area contributed by atoms with Crippen LogP contribution in [-0.4, -0.2) is 27.8 Å². The van der Waals surface area contributed by atoms with Crippen LogP contribution in [0, 0.1) is 19.8 Å². The van der Waals surface area contributed by atoms with Crippen molar-refractivity contribution in [2.75, 3.05) is 12.3 Å². The number of carbonyl (C=O) groups is 1. The van der Waals surface area contributed by atoms with Gasteiger partial charge in [0.1, 0.15) is 4.83 Å². The van der Waals surface area contributed by atoms with E-state index in [-0.39, 0.29) is 17.2 Å². The summed E-state index contributed by atoms with van der Waals surface area (Å²) in [5.41, 5.74) is 4.30. The molecule has 29 heavy (non-hydrogen) atoms. The van der Waals surface area contributed by atoms with Gasteiger partial charge in [0.2, 0.25) is 5.91 Å². The van der Waals surface area contributed by atoms with E-state index in [2.05, 4.69) is 50.1 Å². The molecule has 5 nitrogen and oxygen atoms in total. The molecule has 0 unspecified atom stereocenters. The fourth-order valence-electron chi connectivity index (χ4n) is 2.98. The lowest BCUT2D eigenvalue weighted by Gasteiger charge is -2.09. The summed E-state index contributed by atoms with van der Waals surface area (Å²) in [4.78, 5) is 30.5. The molecule has 0 aliphatic rings. The van der Waals surface area contributed by atoms with Crippen LogP contribution < -0.4 is 10.9 Å². The van der Waals surface area contributed by atoms with Crippen LogP contribution in [-0.2, 0) is 11.8 Å². The van der Waals surface area contributed by atoms with Crippen molar-refractivity contribution < 1.29 is 4.79 Å². The maximum Gasteiger partial charge on any atom is 0.263 e. The predicted molar refractivity (Wildman–Crippen MR) is 123 cm³/mol. The number of nitrogens with zero attached hydrogens (tertiary/aromatic N) is 2. The van der Waals surface area contributed by atoms with Gasteiger partial charge in [-0.1, -0.05) is 43.8 Å². The monoisotopic (exact) mass is 429 g/mol. The van der Waals surface area contributed by atoms with Gasteiger partial charge < -0.3 is 5.32 Å². The van der Waals surface area contributed by atoms with Crippen LogP contribution in [0.15, 0.2) is 33.5 Å². The maximum atomic E-state index is 13.1. The van der Waals surface area contributed by atoms with Gasteiger partial charge in [-0.25, -0.2) is 4.98 Å². The van der Waals surface area contributed by atoms with E-state index in [1.54, 1.807) is 11.6 Å². The van der Waals surface area contributed by atoms with Gasteiger partial charge in [0, 0.05) is 24.5 Å². The highest BCUT2D eigenvalue weighted by atomic mass is 32.2. The maximum absolute atomic E-state index is 13.1. The van der Waals surface area contributed by atoms with Crippen LogP contribution >= 0.6 is 23.1 Å². The normalized spacial score (nSPS) is 11.4. The molecule has 0 radical (unpaired) electrons. The molecule has 0 fully saturated rings. The van der Waals surface area contributed by atoms with Crippen LogP contribution in [0.4, 0.5) is 0 Å². The molecule has 2 aromatic heterocycles. The van der Waals surface area contributed by atoms with Crippen molar-refractivity contribution in [3.05, 3.63) is 45.1 Å². The first-order chi connectivity index (χ1) is 13.8. The lowest BCUT2D eigenvalue weighted by atomic mass is 10.0. The second-order valence-electron chi connectivity index (χ2n) is 7.71. The van der Waals surface area contributed by atoms with Gasteiger partial charge in [-0.15, -0.1) is 11.3 Å². The molecule has 0 aliphatic carbocycles. The van der Waals surface area contributed by atoms with E-state index in [4.69, 9.17) is 0 Å². The summed E-state index contributed by atoms with van der Waals surface area (Å²) in [5.74, 6) is 0.768. The molecule has 0 atom stereocenters. The number of aryl methyl sites for hydroxylation is 2. The van der Waals surface area contributed by atoms with Crippen molar-refractivity contribution in [3.63, 3.8) is 0 Å². The van der Waals surface area contributed by atoms with Crippen LogP contribution in [0.1, 0.15) is 31.4 Å². The molecule has 0 bridgehead atoms. The van der Waals surface area contributed by atoms with Gasteiger partial charge in [-0.05, 0) is 42.9 Å². The molecule has 7 heteroatoms. The summed E-state index contributed by atoms with van der Waals surface area (Å²) in [6, 6.07) is 6.24. The Morgan fingerprint density at radius 3 is 2.72 bits per heavy atom. The number of carbonyl (C=O) groups excluding carboxylic acids is 1. The minimum Gasteiger partial charge on any atom is -0.355 e. The molecule has 0 spiro atoms. The fourth-order valence-corrected chi connectivity index (χ4v) is 4.78. The molecule has 2 heterocycles. The standard InChI is InChI=1S/C22H27N3O2S2/c1-13(2)8-9-23-18(26)12-29-22-24-20-19(21(27)25(22)5)17(11-28-20)16-7-6-14(3)15(4)10-16/h6-7,10-11,13H,8-9,12H2,1-5H3,(H,23,26). The minimum atomic E-state index is -0.0767. The zero-order valence-corrected chi connectivity index (χ0v) is 19.2. The number of hydrogen-bond acceptors (Lipinski definition) is 5. The number of amides is 1. The molecular weight excluding hydrogens is 402 g/mol. The third kappa shape index (κ3) is 4.90. The molecule has 3 rings (SSSR count). The average Bonchev–Trinajstić information content (AvgIpc) is 3.09. The first kappa shape index (κ1) is 21.6. The molecule has 0 aliphatic heterocycles. The number of fused-ring (bicyclic) bond motifs is 1. The molecule has 0 saturated carbocycles. The number of aromatic nitrogens is 2. The number of thioether (sulfide) groups is 1. The third-order valence-electron chi connectivity index (χ3n) is 4.97. The average molecular weight is 430 g/mol. The minimum absolute atomic E-state index is 0.0352. The number of nitrogens with one attached hydrogen (secondary N) is 1. The lowest BCUT2D eigenvalue weighted by Crippen LogP contribution is -2.27. The molecule has 3 aromatic rings. The van der Waals surface area contributed by atoms with E-state index < -0.39 is 0 Å². The lowest BCUT2D eigenvalue weighted by molar-refractivity contribution is -0.118. The molecule has 154 valence electrons. The summed E-state index contributed by atoms with van der Waals surface area (Å²) >= 11 is 2.77. The van der Waals surface area contributed by atoms with E-state index in [9.17, 15) is 9.59 Å². The first-order valence-corrected chi connectivity index (χ1v) is 11.6. The van der Waals surface area contributed by atoms with Crippen LogP contribution in [0.25, 0.3) is 21.3 Å². The number of thiophene rings is 1. The quantitative estimate of drug-likeness (QED) is 0.443. The van der Waals surface area contributed by atoms with Crippen molar-refractivity contribution in [1.29, 1.82) is 0 Å². The summed E-state index contributed by atoms with van der Waals surface area (Å²) in [6.07, 6.45) is 0.954. The van der Waals surface area contributed by atoms with Crippen molar-refractivity contribution in [3.8, 4) is 11.1 Å². The summed E-state index contributed by atoms with van der Waals surface area (Å²) in [7, 11) is 1.72. The topological polar surface area (TPSA) is 64.0 Å². The van der Waals surface area contributed by atoms with E-state index >= 15 is 0 Å². The van der Waals surface area contributed by atoms with Crippen LogP contribution in [0.5, 0.6) is 0 Å². The number of rotatable bonds is 7. The zero-order valence-electron chi connectivity index (χ0n) is 17.5. The Balaban J connectivity index is 1.84. The second kappa shape index (κ2) is 9.13. The summed E-state index contributed by atoms with van der Waals surface area (Å²) < 4.78 is 1.55. The van der Waals surface area contributed by atoms with E-state index in [0.717, 1.165) is 17.5 Å². The summed E-state index contributed by atoms with van der Waals surface area (Å²) in [6.45, 7) is 9.08. The SMILES string of the molecule is Cc1ccc(-c2csc3nc(SCC(=O)NCCC(C)C)n(C)c(=O)c23)cc1C. The Kier molecular flexibility index (Phi) is 6.80. The van der Waals surface area contributed by atoms with Gasteiger partial charge in [-0.2, -0.15) is 0 Å². The largest absolute Gasteiger partial charge is 0.355 e. The van der Waals surface area contributed by atoms with E-state index in [0.29, 0.717) is 27.8 Å². The summed E-state index contributed by atoms with van der Waals surface area (Å²) in [5, 5.41) is 6.12. The van der Waals surface area contributed by atoms with Gasteiger partial charge in [0.25, 0.3) is 5.56 Å². The number of hydrogen-bond donors (Lipinski definition) is 1. The Morgan fingerprint density at radius 1 is 1.28 bits per heavy atom. The van der Waals surface area contributed by atoms with Crippen LogP contribution in [0.3, 0.4) is 0 Å².